The van der Waals surface area contributed by atoms with Gasteiger partial charge in [-0.05, 0) is 48.4 Å². The van der Waals surface area contributed by atoms with Crippen molar-refractivity contribution in [2.45, 2.75) is 12.8 Å². The summed E-state index contributed by atoms with van der Waals surface area (Å²) in [6, 6.07) is 11.2. The van der Waals surface area contributed by atoms with Gasteiger partial charge in [0.2, 0.25) is 5.91 Å². The van der Waals surface area contributed by atoms with Crippen molar-refractivity contribution in [3.63, 3.8) is 0 Å². The van der Waals surface area contributed by atoms with Crippen LogP contribution < -0.4 is 14.8 Å². The van der Waals surface area contributed by atoms with Crippen LogP contribution >= 0.6 is 31.9 Å². The highest BCUT2D eigenvalue weighted by Gasteiger charge is 2.11. The lowest BCUT2D eigenvalue weighted by molar-refractivity contribution is -0.116. The molecular weight excluding hydrogens is 426 g/mol. The smallest absolute Gasteiger partial charge is 0.224 e. The molecule has 0 fully saturated rings. The molecule has 122 valence electrons. The molecule has 0 aliphatic rings. The number of nitrogens with one attached hydrogen (secondary N) is 1. The standard InChI is InChI=1S/C17H17Br2NO3/c1-22-15-9-11(14(19)10-16(15)23-2)3-8-17(21)20-13-6-4-12(18)5-7-13/h4-7,9-10H,3,8H2,1-2H3,(H,20,21). The summed E-state index contributed by atoms with van der Waals surface area (Å²) in [6.45, 7) is 0. The Labute approximate surface area is 152 Å². The number of carbonyl (C=O) groups excluding carboxylic acids is 1. The Morgan fingerprint density at radius 1 is 1.04 bits per heavy atom. The molecular formula is C17H17Br2NO3. The van der Waals surface area contributed by atoms with Gasteiger partial charge in [-0.15, -0.1) is 0 Å². The van der Waals surface area contributed by atoms with Crippen molar-refractivity contribution in [1.82, 2.24) is 0 Å². The number of anilines is 1. The zero-order valence-corrected chi connectivity index (χ0v) is 16.0. The summed E-state index contributed by atoms with van der Waals surface area (Å²) in [4.78, 5) is 12.1. The van der Waals surface area contributed by atoms with E-state index in [2.05, 4.69) is 37.2 Å². The molecule has 4 nitrogen and oxygen atoms in total. The van der Waals surface area contributed by atoms with Crippen LogP contribution in [0.2, 0.25) is 0 Å². The molecule has 1 amide bonds. The van der Waals surface area contributed by atoms with Gasteiger partial charge in [-0.3, -0.25) is 4.79 Å². The Balaban J connectivity index is 1.99. The highest BCUT2D eigenvalue weighted by Crippen LogP contribution is 2.33. The number of ether oxygens (including phenoxy) is 2. The number of methoxy groups -OCH3 is 2. The fourth-order valence-electron chi connectivity index (χ4n) is 2.09. The van der Waals surface area contributed by atoms with Crippen molar-refractivity contribution < 1.29 is 14.3 Å². The molecule has 2 aromatic rings. The lowest BCUT2D eigenvalue weighted by Gasteiger charge is -2.12. The number of benzene rings is 2. The quantitative estimate of drug-likeness (QED) is 0.698. The second-order valence-electron chi connectivity index (χ2n) is 4.85. The lowest BCUT2D eigenvalue weighted by atomic mass is 10.1. The molecule has 0 saturated carbocycles. The molecule has 0 aromatic heterocycles. The van der Waals surface area contributed by atoms with E-state index in [-0.39, 0.29) is 5.91 Å². The van der Waals surface area contributed by atoms with E-state index in [1.54, 1.807) is 14.2 Å². The molecule has 0 aliphatic carbocycles. The van der Waals surface area contributed by atoms with Crippen molar-refractivity contribution in [1.29, 1.82) is 0 Å². The van der Waals surface area contributed by atoms with Gasteiger partial charge in [0, 0.05) is 21.1 Å². The van der Waals surface area contributed by atoms with E-state index in [9.17, 15) is 4.79 Å². The predicted molar refractivity (Wildman–Crippen MR) is 98.3 cm³/mol. The third-order valence-electron chi connectivity index (χ3n) is 3.30. The van der Waals surface area contributed by atoms with Gasteiger partial charge in [0.1, 0.15) is 0 Å². The van der Waals surface area contributed by atoms with Crippen LogP contribution in [0.15, 0.2) is 45.3 Å². The van der Waals surface area contributed by atoms with Crippen LogP contribution in [-0.4, -0.2) is 20.1 Å². The maximum Gasteiger partial charge on any atom is 0.224 e. The maximum atomic E-state index is 12.1. The molecule has 1 N–H and O–H groups in total. The van der Waals surface area contributed by atoms with Crippen molar-refractivity contribution >= 4 is 43.5 Å². The van der Waals surface area contributed by atoms with Crippen LogP contribution in [-0.2, 0) is 11.2 Å². The van der Waals surface area contributed by atoms with Crippen molar-refractivity contribution in [3.05, 3.63) is 50.9 Å². The first-order chi connectivity index (χ1) is 11.0. The topological polar surface area (TPSA) is 47.6 Å². The van der Waals surface area contributed by atoms with E-state index in [1.165, 1.54) is 0 Å². The Morgan fingerprint density at radius 3 is 2.26 bits per heavy atom. The highest BCUT2D eigenvalue weighted by atomic mass is 79.9. The molecule has 6 heteroatoms. The molecule has 0 heterocycles. The number of hydrogen-bond donors (Lipinski definition) is 1. The number of hydrogen-bond acceptors (Lipinski definition) is 3. The average Bonchev–Trinajstić information content (AvgIpc) is 2.55. The monoisotopic (exact) mass is 441 g/mol. The molecule has 0 atom stereocenters. The van der Waals surface area contributed by atoms with Crippen LogP contribution in [0.3, 0.4) is 0 Å². The fourth-order valence-corrected chi connectivity index (χ4v) is 2.88. The minimum absolute atomic E-state index is 0.0333. The van der Waals surface area contributed by atoms with Crippen molar-refractivity contribution in [2.24, 2.45) is 0 Å². The summed E-state index contributed by atoms with van der Waals surface area (Å²) in [5.74, 6) is 1.27. The van der Waals surface area contributed by atoms with E-state index in [0.717, 1.165) is 20.2 Å². The van der Waals surface area contributed by atoms with Crippen LogP contribution in [0.4, 0.5) is 5.69 Å². The molecule has 2 aromatic carbocycles. The Morgan fingerprint density at radius 2 is 1.65 bits per heavy atom. The average molecular weight is 443 g/mol. The summed E-state index contributed by atoms with van der Waals surface area (Å²) in [5, 5.41) is 2.88. The van der Waals surface area contributed by atoms with Crippen LogP contribution in [0, 0.1) is 0 Å². The second kappa shape index (κ2) is 8.36. The second-order valence-corrected chi connectivity index (χ2v) is 6.62. The molecule has 0 spiro atoms. The predicted octanol–water partition coefficient (Wildman–Crippen LogP) is 4.80. The van der Waals surface area contributed by atoms with E-state index >= 15 is 0 Å². The van der Waals surface area contributed by atoms with Crippen molar-refractivity contribution in [2.75, 3.05) is 19.5 Å². The SMILES string of the molecule is COc1cc(Br)c(CCC(=O)Nc2ccc(Br)cc2)cc1OC. The van der Waals surface area contributed by atoms with Gasteiger partial charge in [0.25, 0.3) is 0 Å². The molecule has 0 saturated heterocycles. The van der Waals surface area contributed by atoms with E-state index in [4.69, 9.17) is 9.47 Å². The molecule has 0 unspecified atom stereocenters. The van der Waals surface area contributed by atoms with Crippen LogP contribution in [0.5, 0.6) is 11.5 Å². The lowest BCUT2D eigenvalue weighted by Crippen LogP contribution is -2.12. The zero-order chi connectivity index (χ0) is 16.8. The summed E-state index contributed by atoms with van der Waals surface area (Å²) >= 11 is 6.87. The third kappa shape index (κ3) is 4.97. The number of aryl methyl sites for hydroxylation is 1. The first-order valence-corrected chi connectivity index (χ1v) is 8.58. The molecule has 0 radical (unpaired) electrons. The molecule has 2 rings (SSSR count). The van der Waals surface area contributed by atoms with Gasteiger partial charge < -0.3 is 14.8 Å². The highest BCUT2D eigenvalue weighted by molar-refractivity contribution is 9.10. The Kier molecular flexibility index (Phi) is 6.47. The number of carbonyl (C=O) groups is 1. The molecule has 23 heavy (non-hydrogen) atoms. The molecule has 0 bridgehead atoms. The normalized spacial score (nSPS) is 10.3. The van der Waals surface area contributed by atoms with Gasteiger partial charge >= 0.3 is 0 Å². The minimum atomic E-state index is -0.0333. The zero-order valence-electron chi connectivity index (χ0n) is 12.9. The van der Waals surface area contributed by atoms with Crippen LogP contribution in [0.25, 0.3) is 0 Å². The number of amides is 1. The van der Waals surface area contributed by atoms with E-state index < -0.39 is 0 Å². The first kappa shape index (κ1) is 17.8. The van der Waals surface area contributed by atoms with E-state index in [1.807, 2.05) is 36.4 Å². The summed E-state index contributed by atoms with van der Waals surface area (Å²) in [7, 11) is 3.19. The summed E-state index contributed by atoms with van der Waals surface area (Å²) < 4.78 is 12.4. The number of rotatable bonds is 6. The summed E-state index contributed by atoms with van der Waals surface area (Å²) in [6.07, 6.45) is 0.980. The van der Waals surface area contributed by atoms with Gasteiger partial charge in [-0.2, -0.15) is 0 Å². The van der Waals surface area contributed by atoms with Crippen LogP contribution in [0.1, 0.15) is 12.0 Å². The van der Waals surface area contributed by atoms with Crippen molar-refractivity contribution in [3.8, 4) is 11.5 Å². The van der Waals surface area contributed by atoms with Gasteiger partial charge in [0.15, 0.2) is 11.5 Å². The molecule has 0 aliphatic heterocycles. The van der Waals surface area contributed by atoms with Gasteiger partial charge in [-0.1, -0.05) is 31.9 Å². The van der Waals surface area contributed by atoms with Gasteiger partial charge in [0.05, 0.1) is 14.2 Å². The van der Waals surface area contributed by atoms with Gasteiger partial charge in [-0.25, -0.2) is 0 Å². The summed E-state index contributed by atoms with van der Waals surface area (Å²) in [5.41, 5.74) is 1.78. The van der Waals surface area contributed by atoms with E-state index in [0.29, 0.717) is 24.3 Å². The Bertz CT molecular complexity index is 687. The Hall–Kier alpha value is -1.53. The maximum absolute atomic E-state index is 12.1. The largest absolute Gasteiger partial charge is 0.493 e. The minimum Gasteiger partial charge on any atom is -0.493 e. The number of halogens is 2. The first-order valence-electron chi connectivity index (χ1n) is 6.99. The third-order valence-corrected chi connectivity index (χ3v) is 4.57. The fraction of sp³-hybridized carbons (Fsp3) is 0.235.